The van der Waals surface area contributed by atoms with Crippen molar-refractivity contribution in [3.8, 4) is 0 Å². The van der Waals surface area contributed by atoms with Crippen LogP contribution in [0.4, 0.5) is 0 Å². The summed E-state index contributed by atoms with van der Waals surface area (Å²) in [6.45, 7) is 3.50. The van der Waals surface area contributed by atoms with Gasteiger partial charge in [0.05, 0.1) is 11.6 Å². The number of nitrogens with one attached hydrogen (secondary N) is 1. The molecule has 0 spiro atoms. The van der Waals surface area contributed by atoms with Gasteiger partial charge in [-0.2, -0.15) is 0 Å². The van der Waals surface area contributed by atoms with Crippen LogP contribution >= 0.6 is 0 Å². The van der Waals surface area contributed by atoms with Gasteiger partial charge in [0.1, 0.15) is 0 Å². The molecule has 0 saturated heterocycles. The predicted octanol–water partition coefficient (Wildman–Crippen LogP) is 2.43. The molecule has 1 amide bonds. The Kier molecular flexibility index (Phi) is 2.86. The first-order chi connectivity index (χ1) is 7.68. The molecule has 0 unspecified atom stereocenters. The number of para-hydroxylation sites is 1. The topological polar surface area (TPSA) is 42.0 Å². The van der Waals surface area contributed by atoms with Crippen LogP contribution in [-0.2, 0) is 4.79 Å². The number of nitrogens with zero attached hydrogens (tertiary/aromatic N) is 1. The number of fused-ring (bicyclic) bond motifs is 1. The Bertz CT molecular complexity index is 517. The Morgan fingerprint density at radius 1 is 1.31 bits per heavy atom. The van der Waals surface area contributed by atoms with Crippen LogP contribution in [0.15, 0.2) is 36.5 Å². The quantitative estimate of drug-likeness (QED) is 0.834. The minimum atomic E-state index is -0.0200. The van der Waals surface area contributed by atoms with Crippen molar-refractivity contribution < 1.29 is 4.79 Å². The molecule has 0 fully saturated rings. The zero-order valence-corrected chi connectivity index (χ0v) is 9.40. The molecule has 1 atom stereocenters. The Labute approximate surface area is 94.5 Å². The van der Waals surface area contributed by atoms with E-state index in [-0.39, 0.29) is 11.9 Å². The third-order valence-electron chi connectivity index (χ3n) is 2.57. The van der Waals surface area contributed by atoms with Crippen LogP contribution < -0.4 is 5.32 Å². The average Bonchev–Trinajstić information content (AvgIpc) is 2.27. The highest BCUT2D eigenvalue weighted by Gasteiger charge is 2.09. The third-order valence-corrected chi connectivity index (χ3v) is 2.57. The first-order valence-corrected chi connectivity index (χ1v) is 5.29. The van der Waals surface area contributed by atoms with E-state index in [1.165, 1.54) is 6.92 Å². The lowest BCUT2D eigenvalue weighted by molar-refractivity contribution is -0.119. The van der Waals surface area contributed by atoms with Crippen molar-refractivity contribution in [1.82, 2.24) is 10.3 Å². The molecule has 1 N–H and O–H groups in total. The van der Waals surface area contributed by atoms with E-state index in [0.717, 1.165) is 16.5 Å². The van der Waals surface area contributed by atoms with Crippen LogP contribution in [0.25, 0.3) is 10.9 Å². The fourth-order valence-electron chi connectivity index (χ4n) is 1.88. The number of hydrogen-bond acceptors (Lipinski definition) is 2. The number of rotatable bonds is 2. The second-order valence-electron chi connectivity index (χ2n) is 3.84. The first-order valence-electron chi connectivity index (χ1n) is 5.29. The van der Waals surface area contributed by atoms with E-state index in [0.29, 0.717) is 0 Å². The summed E-state index contributed by atoms with van der Waals surface area (Å²) < 4.78 is 0. The van der Waals surface area contributed by atoms with Crippen LogP contribution in [-0.4, -0.2) is 10.9 Å². The Morgan fingerprint density at radius 2 is 2.06 bits per heavy atom. The zero-order valence-electron chi connectivity index (χ0n) is 9.40. The van der Waals surface area contributed by atoms with Gasteiger partial charge in [-0.3, -0.25) is 9.78 Å². The van der Waals surface area contributed by atoms with Gasteiger partial charge >= 0.3 is 0 Å². The van der Waals surface area contributed by atoms with Crippen LogP contribution in [0.1, 0.15) is 25.5 Å². The molecule has 0 aliphatic carbocycles. The van der Waals surface area contributed by atoms with Gasteiger partial charge in [0.2, 0.25) is 5.91 Å². The van der Waals surface area contributed by atoms with Gasteiger partial charge in [-0.25, -0.2) is 0 Å². The molecular weight excluding hydrogens is 200 g/mol. The van der Waals surface area contributed by atoms with Crippen molar-refractivity contribution >= 4 is 16.8 Å². The van der Waals surface area contributed by atoms with E-state index in [9.17, 15) is 4.79 Å². The summed E-state index contributed by atoms with van der Waals surface area (Å²) in [7, 11) is 0. The highest BCUT2D eigenvalue weighted by molar-refractivity contribution is 5.83. The molecule has 0 aliphatic heterocycles. The minimum Gasteiger partial charge on any atom is -0.350 e. The minimum absolute atomic E-state index is 0.00500. The summed E-state index contributed by atoms with van der Waals surface area (Å²) in [5, 5.41) is 3.97. The van der Waals surface area contributed by atoms with E-state index < -0.39 is 0 Å². The summed E-state index contributed by atoms with van der Waals surface area (Å²) in [6.07, 6.45) is 1.77. The average molecular weight is 214 g/mol. The lowest BCUT2D eigenvalue weighted by Gasteiger charge is -2.14. The number of carbonyl (C=O) groups is 1. The maximum absolute atomic E-state index is 11.0. The fourth-order valence-corrected chi connectivity index (χ4v) is 1.88. The van der Waals surface area contributed by atoms with Gasteiger partial charge in [0.15, 0.2) is 0 Å². The van der Waals surface area contributed by atoms with E-state index in [1.807, 2.05) is 37.3 Å². The number of carbonyl (C=O) groups excluding carboxylic acids is 1. The number of hydrogen-bond donors (Lipinski definition) is 1. The van der Waals surface area contributed by atoms with Crippen molar-refractivity contribution in [2.24, 2.45) is 0 Å². The maximum atomic E-state index is 11.0. The summed E-state index contributed by atoms with van der Waals surface area (Å²) in [5.41, 5.74) is 2.05. The molecule has 2 rings (SSSR count). The molecule has 0 aliphatic rings. The maximum Gasteiger partial charge on any atom is 0.217 e. The molecule has 2 aromatic rings. The lowest BCUT2D eigenvalue weighted by Crippen LogP contribution is -2.23. The molecule has 16 heavy (non-hydrogen) atoms. The van der Waals surface area contributed by atoms with Gasteiger partial charge in [-0.05, 0) is 24.6 Å². The normalized spacial score (nSPS) is 12.4. The number of benzene rings is 1. The number of aromatic nitrogens is 1. The van der Waals surface area contributed by atoms with E-state index in [2.05, 4.69) is 10.3 Å². The van der Waals surface area contributed by atoms with Crippen LogP contribution in [0.3, 0.4) is 0 Å². The monoisotopic (exact) mass is 214 g/mol. The molecule has 3 nitrogen and oxygen atoms in total. The van der Waals surface area contributed by atoms with Crippen molar-refractivity contribution in [2.45, 2.75) is 19.9 Å². The van der Waals surface area contributed by atoms with Crippen molar-refractivity contribution in [1.29, 1.82) is 0 Å². The largest absolute Gasteiger partial charge is 0.350 e. The smallest absolute Gasteiger partial charge is 0.217 e. The summed E-state index contributed by atoms with van der Waals surface area (Å²) >= 11 is 0. The Morgan fingerprint density at radius 3 is 2.81 bits per heavy atom. The Balaban J connectivity index is 2.47. The SMILES string of the molecule is CC(=O)N[C@@H](C)c1ccnc2ccccc12. The molecule has 0 bridgehead atoms. The Hall–Kier alpha value is -1.90. The molecule has 1 heterocycles. The van der Waals surface area contributed by atoms with Crippen molar-refractivity contribution in [3.05, 3.63) is 42.1 Å². The second-order valence-corrected chi connectivity index (χ2v) is 3.84. The highest BCUT2D eigenvalue weighted by atomic mass is 16.1. The molecule has 1 aromatic carbocycles. The van der Waals surface area contributed by atoms with Gasteiger partial charge in [0.25, 0.3) is 0 Å². The van der Waals surface area contributed by atoms with E-state index in [4.69, 9.17) is 0 Å². The van der Waals surface area contributed by atoms with Crippen LogP contribution in [0, 0.1) is 0 Å². The molecule has 82 valence electrons. The summed E-state index contributed by atoms with van der Waals surface area (Å²) in [6, 6.07) is 9.89. The predicted molar refractivity (Wildman–Crippen MR) is 64.0 cm³/mol. The molecule has 3 heteroatoms. The van der Waals surface area contributed by atoms with Crippen molar-refractivity contribution in [2.75, 3.05) is 0 Å². The van der Waals surface area contributed by atoms with E-state index >= 15 is 0 Å². The molecule has 1 aromatic heterocycles. The molecule has 0 saturated carbocycles. The van der Waals surface area contributed by atoms with Crippen LogP contribution in [0.5, 0.6) is 0 Å². The standard InChI is InChI=1S/C13H14N2O/c1-9(15-10(2)16)11-7-8-14-13-6-4-3-5-12(11)13/h3-9H,1-2H3,(H,15,16)/t9-/m0/s1. The third kappa shape index (κ3) is 2.03. The number of amides is 1. The fraction of sp³-hybridized carbons (Fsp3) is 0.231. The summed E-state index contributed by atoms with van der Waals surface area (Å²) in [5.74, 6) is -0.0200. The van der Waals surface area contributed by atoms with Gasteiger partial charge < -0.3 is 5.32 Å². The van der Waals surface area contributed by atoms with Gasteiger partial charge in [-0.1, -0.05) is 18.2 Å². The zero-order chi connectivity index (χ0) is 11.5. The van der Waals surface area contributed by atoms with Crippen LogP contribution in [0.2, 0.25) is 0 Å². The lowest BCUT2D eigenvalue weighted by atomic mass is 10.0. The van der Waals surface area contributed by atoms with E-state index in [1.54, 1.807) is 6.20 Å². The van der Waals surface area contributed by atoms with Gasteiger partial charge in [-0.15, -0.1) is 0 Å². The highest BCUT2D eigenvalue weighted by Crippen LogP contribution is 2.22. The molecular formula is C13H14N2O. The van der Waals surface area contributed by atoms with Crippen molar-refractivity contribution in [3.63, 3.8) is 0 Å². The molecule has 0 radical (unpaired) electrons. The first kappa shape index (κ1) is 10.6. The summed E-state index contributed by atoms with van der Waals surface area (Å²) in [4.78, 5) is 15.3. The van der Waals surface area contributed by atoms with Gasteiger partial charge in [0, 0.05) is 18.5 Å². The second kappa shape index (κ2) is 4.31. The number of pyridine rings is 1.